The molecule has 23 heavy (non-hydrogen) atoms. The van der Waals surface area contributed by atoms with E-state index in [1.165, 1.54) is 5.56 Å². The van der Waals surface area contributed by atoms with Gasteiger partial charge in [0.25, 0.3) is 5.92 Å². The van der Waals surface area contributed by atoms with Gasteiger partial charge in [0.1, 0.15) is 5.75 Å². The number of methoxy groups -OCH3 is 1. The highest BCUT2D eigenvalue weighted by Crippen LogP contribution is 2.31. The van der Waals surface area contributed by atoms with Gasteiger partial charge in [-0.15, -0.1) is 0 Å². The maximum atomic E-state index is 13.2. The molecule has 2 aliphatic heterocycles. The highest BCUT2D eigenvalue weighted by atomic mass is 19.3. The summed E-state index contributed by atoms with van der Waals surface area (Å²) in [6, 6.07) is 7.26. The number of hydrogen-bond acceptors (Lipinski definition) is 3. The molecule has 1 N–H and O–H groups in total. The summed E-state index contributed by atoms with van der Waals surface area (Å²) in [5.74, 6) is -1.71. The number of benzene rings is 1. The Balaban J connectivity index is 1.54. The molecule has 0 spiro atoms. The molecular formula is C17H22F2N2O2. The Kier molecular flexibility index (Phi) is 4.53. The van der Waals surface area contributed by atoms with Crippen molar-refractivity contribution < 1.29 is 18.3 Å². The van der Waals surface area contributed by atoms with Crippen LogP contribution in [-0.2, 0) is 4.79 Å². The summed E-state index contributed by atoms with van der Waals surface area (Å²) in [5.41, 5.74) is 1.24. The van der Waals surface area contributed by atoms with E-state index >= 15 is 0 Å². The second kappa shape index (κ2) is 6.43. The van der Waals surface area contributed by atoms with Crippen LogP contribution in [0.4, 0.5) is 8.78 Å². The molecule has 3 rings (SSSR count). The lowest BCUT2D eigenvalue weighted by Crippen LogP contribution is -2.46. The van der Waals surface area contributed by atoms with Crippen molar-refractivity contribution >= 4 is 5.91 Å². The van der Waals surface area contributed by atoms with Crippen LogP contribution in [0, 0.1) is 0 Å². The lowest BCUT2D eigenvalue weighted by molar-refractivity contribution is -0.134. The Labute approximate surface area is 134 Å². The third-order valence-electron chi connectivity index (χ3n) is 4.80. The standard InChI is InChI=1S/C17H22F2N2O2/c1-23-14-4-2-12(3-5-14)13-6-8-21(9-7-13)16(22)15-10-17(18,19)11-20-15/h2-5,13,15,20H,6-11H2,1H3. The Morgan fingerprint density at radius 3 is 2.43 bits per heavy atom. The number of nitrogens with one attached hydrogen (secondary N) is 1. The highest BCUT2D eigenvalue weighted by molar-refractivity contribution is 5.82. The number of amides is 1. The molecule has 0 bridgehead atoms. The number of carbonyl (C=O) groups excluding carboxylic acids is 1. The van der Waals surface area contributed by atoms with Gasteiger partial charge < -0.3 is 9.64 Å². The normalized spacial score (nSPS) is 24.7. The van der Waals surface area contributed by atoms with Crippen molar-refractivity contribution in [3.8, 4) is 5.75 Å². The number of carbonyl (C=O) groups is 1. The maximum Gasteiger partial charge on any atom is 0.262 e. The zero-order chi connectivity index (χ0) is 16.4. The summed E-state index contributed by atoms with van der Waals surface area (Å²) in [6.45, 7) is 0.851. The number of alkyl halides is 2. The molecular weight excluding hydrogens is 302 g/mol. The minimum atomic E-state index is -2.76. The van der Waals surface area contributed by atoms with E-state index in [0.29, 0.717) is 19.0 Å². The summed E-state index contributed by atoms with van der Waals surface area (Å²) < 4.78 is 31.6. The van der Waals surface area contributed by atoms with E-state index in [1.54, 1.807) is 12.0 Å². The minimum Gasteiger partial charge on any atom is -0.497 e. The molecule has 0 radical (unpaired) electrons. The second-order valence-corrected chi connectivity index (χ2v) is 6.37. The predicted molar refractivity (Wildman–Crippen MR) is 82.9 cm³/mol. The van der Waals surface area contributed by atoms with E-state index in [9.17, 15) is 13.6 Å². The lowest BCUT2D eigenvalue weighted by Gasteiger charge is -2.33. The van der Waals surface area contributed by atoms with Crippen molar-refractivity contribution in [2.45, 2.75) is 37.1 Å². The number of ether oxygens (including phenoxy) is 1. The monoisotopic (exact) mass is 324 g/mol. The molecule has 1 atom stereocenters. The average molecular weight is 324 g/mol. The molecule has 1 aromatic carbocycles. The van der Waals surface area contributed by atoms with Crippen molar-refractivity contribution in [3.05, 3.63) is 29.8 Å². The predicted octanol–water partition coefficient (Wildman–Crippen LogP) is 2.40. The summed E-state index contributed by atoms with van der Waals surface area (Å²) in [7, 11) is 1.64. The van der Waals surface area contributed by atoms with Gasteiger partial charge in [-0.2, -0.15) is 0 Å². The van der Waals surface area contributed by atoms with Crippen LogP contribution in [0.5, 0.6) is 5.75 Å². The Bertz CT molecular complexity index is 554. The molecule has 0 aliphatic carbocycles. The van der Waals surface area contributed by atoms with Crippen LogP contribution < -0.4 is 10.1 Å². The molecule has 126 valence electrons. The first-order valence-corrected chi connectivity index (χ1v) is 8.02. The molecule has 2 fully saturated rings. The van der Waals surface area contributed by atoms with Gasteiger partial charge in [0.05, 0.1) is 19.7 Å². The molecule has 0 saturated carbocycles. The Morgan fingerprint density at radius 2 is 1.91 bits per heavy atom. The van der Waals surface area contributed by atoms with Gasteiger partial charge in [-0.25, -0.2) is 8.78 Å². The summed E-state index contributed by atoms with van der Waals surface area (Å²) in [4.78, 5) is 14.0. The van der Waals surface area contributed by atoms with Crippen molar-refractivity contribution in [1.29, 1.82) is 0 Å². The van der Waals surface area contributed by atoms with E-state index in [2.05, 4.69) is 17.4 Å². The summed E-state index contributed by atoms with van der Waals surface area (Å²) in [6.07, 6.45) is 1.34. The first-order chi connectivity index (χ1) is 11.0. The van der Waals surface area contributed by atoms with Crippen molar-refractivity contribution in [2.75, 3.05) is 26.7 Å². The third kappa shape index (κ3) is 3.63. The zero-order valence-electron chi connectivity index (χ0n) is 13.2. The highest BCUT2D eigenvalue weighted by Gasteiger charge is 2.43. The quantitative estimate of drug-likeness (QED) is 0.928. The van der Waals surface area contributed by atoms with Gasteiger partial charge >= 0.3 is 0 Å². The van der Waals surface area contributed by atoms with Crippen LogP contribution in [0.2, 0.25) is 0 Å². The van der Waals surface area contributed by atoms with Gasteiger partial charge in [0.15, 0.2) is 0 Å². The largest absolute Gasteiger partial charge is 0.497 e. The number of likely N-dealkylation sites (tertiary alicyclic amines) is 1. The molecule has 2 aliphatic rings. The number of piperidine rings is 1. The van der Waals surface area contributed by atoms with Gasteiger partial charge in [0.2, 0.25) is 5.91 Å². The van der Waals surface area contributed by atoms with E-state index in [0.717, 1.165) is 18.6 Å². The van der Waals surface area contributed by atoms with Crippen LogP contribution in [-0.4, -0.2) is 49.5 Å². The molecule has 1 aromatic rings. The van der Waals surface area contributed by atoms with Crippen LogP contribution >= 0.6 is 0 Å². The van der Waals surface area contributed by atoms with E-state index in [-0.39, 0.29) is 12.3 Å². The van der Waals surface area contributed by atoms with Crippen molar-refractivity contribution in [2.24, 2.45) is 0 Å². The molecule has 6 heteroatoms. The summed E-state index contributed by atoms with van der Waals surface area (Å²) >= 11 is 0. The van der Waals surface area contributed by atoms with Crippen LogP contribution in [0.25, 0.3) is 0 Å². The Hall–Kier alpha value is -1.69. The topological polar surface area (TPSA) is 41.6 Å². The smallest absolute Gasteiger partial charge is 0.262 e. The molecule has 4 nitrogen and oxygen atoms in total. The second-order valence-electron chi connectivity index (χ2n) is 6.37. The fourth-order valence-corrected chi connectivity index (χ4v) is 3.42. The fourth-order valence-electron chi connectivity index (χ4n) is 3.42. The van der Waals surface area contributed by atoms with Crippen LogP contribution in [0.15, 0.2) is 24.3 Å². The van der Waals surface area contributed by atoms with Gasteiger partial charge in [-0.3, -0.25) is 10.1 Å². The number of nitrogens with zero attached hydrogens (tertiary/aromatic N) is 1. The van der Waals surface area contributed by atoms with E-state index < -0.39 is 18.5 Å². The molecule has 2 saturated heterocycles. The third-order valence-corrected chi connectivity index (χ3v) is 4.80. The molecule has 2 heterocycles. The Morgan fingerprint density at radius 1 is 1.26 bits per heavy atom. The van der Waals surface area contributed by atoms with Gasteiger partial charge in [0, 0.05) is 19.5 Å². The first-order valence-electron chi connectivity index (χ1n) is 8.02. The minimum absolute atomic E-state index is 0.185. The SMILES string of the molecule is COc1ccc(C2CCN(C(=O)C3CC(F)(F)CN3)CC2)cc1. The maximum absolute atomic E-state index is 13.2. The van der Waals surface area contributed by atoms with Crippen LogP contribution in [0.3, 0.4) is 0 Å². The van der Waals surface area contributed by atoms with E-state index in [4.69, 9.17) is 4.74 Å². The lowest BCUT2D eigenvalue weighted by atomic mass is 9.89. The number of halogens is 2. The fraction of sp³-hybridized carbons (Fsp3) is 0.588. The number of hydrogen-bond donors (Lipinski definition) is 1. The average Bonchev–Trinajstić information content (AvgIpc) is 2.94. The van der Waals surface area contributed by atoms with Crippen LogP contribution in [0.1, 0.15) is 30.7 Å². The zero-order valence-corrected chi connectivity index (χ0v) is 13.2. The van der Waals surface area contributed by atoms with Crippen molar-refractivity contribution in [1.82, 2.24) is 10.2 Å². The van der Waals surface area contributed by atoms with Gasteiger partial charge in [-0.1, -0.05) is 12.1 Å². The van der Waals surface area contributed by atoms with Crippen molar-refractivity contribution in [3.63, 3.8) is 0 Å². The first kappa shape index (κ1) is 16.2. The molecule has 1 unspecified atom stereocenters. The van der Waals surface area contributed by atoms with E-state index in [1.807, 2.05) is 12.1 Å². The molecule has 0 aromatic heterocycles. The molecule has 1 amide bonds. The van der Waals surface area contributed by atoms with Gasteiger partial charge in [-0.05, 0) is 36.5 Å². The summed E-state index contributed by atoms with van der Waals surface area (Å²) in [5, 5.41) is 2.64. The number of rotatable bonds is 3.